The van der Waals surface area contributed by atoms with Crippen LogP contribution in [0.5, 0.6) is 11.5 Å². The Kier molecular flexibility index (Phi) is 7.26. The van der Waals surface area contributed by atoms with Crippen molar-refractivity contribution in [2.24, 2.45) is 4.99 Å². The molecule has 0 fully saturated rings. The SMILES string of the molecule is CCOC(=O)C1=C(c2ccccc2)N=c2s/c(=C\c3ccc(-c4ccc(C(C)=O)cc4)o3)c(=O)n2[C@H]1c1ccc2c(c1)OCO2. The van der Waals surface area contributed by atoms with Crippen LogP contribution in [0.4, 0.5) is 0 Å². The first-order valence-electron chi connectivity index (χ1n) is 14.3. The molecule has 0 amide bonds. The van der Waals surface area contributed by atoms with Crippen LogP contribution in [0.3, 0.4) is 0 Å². The number of benzene rings is 3. The number of hydrogen-bond acceptors (Lipinski definition) is 9. The first kappa shape index (κ1) is 28.3. The van der Waals surface area contributed by atoms with Gasteiger partial charge in [-0.15, -0.1) is 0 Å². The molecule has 2 aliphatic rings. The number of furan rings is 1. The Labute approximate surface area is 261 Å². The van der Waals surface area contributed by atoms with E-state index in [2.05, 4.69) is 0 Å². The van der Waals surface area contributed by atoms with Gasteiger partial charge in [0.05, 0.1) is 28.5 Å². The molecule has 4 heterocycles. The van der Waals surface area contributed by atoms with Crippen molar-refractivity contribution in [3.05, 3.63) is 133 Å². The van der Waals surface area contributed by atoms with Gasteiger partial charge in [0.15, 0.2) is 22.1 Å². The highest BCUT2D eigenvalue weighted by molar-refractivity contribution is 7.07. The number of rotatable bonds is 7. The summed E-state index contributed by atoms with van der Waals surface area (Å²) >= 11 is 1.20. The number of thiazole rings is 1. The Morgan fingerprint density at radius 1 is 0.978 bits per heavy atom. The molecular formula is C35H26N2O7S. The molecule has 0 saturated heterocycles. The third-order valence-corrected chi connectivity index (χ3v) is 8.55. The molecule has 224 valence electrons. The summed E-state index contributed by atoms with van der Waals surface area (Å²) in [6, 6.07) is 24.6. The van der Waals surface area contributed by atoms with E-state index in [9.17, 15) is 14.4 Å². The molecule has 1 atom stereocenters. The van der Waals surface area contributed by atoms with E-state index in [0.29, 0.717) is 49.2 Å². The zero-order chi connectivity index (χ0) is 31.1. The quantitative estimate of drug-likeness (QED) is 0.184. The molecule has 9 nitrogen and oxygen atoms in total. The molecule has 0 N–H and O–H groups in total. The summed E-state index contributed by atoms with van der Waals surface area (Å²) in [7, 11) is 0. The van der Waals surface area contributed by atoms with E-state index in [-0.39, 0.29) is 30.3 Å². The van der Waals surface area contributed by atoms with Gasteiger partial charge in [0.25, 0.3) is 5.56 Å². The second-order valence-corrected chi connectivity index (χ2v) is 11.4. The first-order chi connectivity index (χ1) is 21.9. The lowest BCUT2D eigenvalue weighted by molar-refractivity contribution is -0.138. The predicted octanol–water partition coefficient (Wildman–Crippen LogP) is 5.13. The number of ketones is 1. The lowest BCUT2D eigenvalue weighted by Gasteiger charge is -2.26. The van der Waals surface area contributed by atoms with Crippen LogP contribution in [-0.2, 0) is 9.53 Å². The third kappa shape index (κ3) is 5.19. The monoisotopic (exact) mass is 618 g/mol. The van der Waals surface area contributed by atoms with Crippen LogP contribution in [0.15, 0.2) is 105 Å². The molecule has 0 radical (unpaired) electrons. The molecule has 0 unspecified atom stereocenters. The standard InChI is InChI=1S/C35H26N2O7S/c1-3-41-34(40)30-31(23-7-5-4-6-8-23)36-35-37(32(30)24-13-15-27-28(17-24)43-19-42-27)33(39)29(45-35)18-25-14-16-26(44-25)22-11-9-21(10-12-22)20(2)38/h4-18,32H,3,19H2,1-2H3/b29-18-/t32-/m0/s1. The van der Waals surface area contributed by atoms with Gasteiger partial charge in [-0.3, -0.25) is 14.2 Å². The topological polar surface area (TPSA) is 109 Å². The lowest BCUT2D eigenvalue weighted by Crippen LogP contribution is -2.40. The van der Waals surface area contributed by atoms with E-state index in [1.54, 1.807) is 43.3 Å². The molecular weight excluding hydrogens is 592 g/mol. The Balaban J connectivity index is 1.40. The average molecular weight is 619 g/mol. The second-order valence-electron chi connectivity index (χ2n) is 10.4. The molecule has 10 heteroatoms. The van der Waals surface area contributed by atoms with Crippen LogP contribution < -0.4 is 24.4 Å². The Hall–Kier alpha value is -5.48. The van der Waals surface area contributed by atoms with Crippen LogP contribution in [0.25, 0.3) is 23.1 Å². The van der Waals surface area contributed by atoms with Crippen molar-refractivity contribution in [2.45, 2.75) is 19.9 Å². The number of esters is 1. The normalized spacial score (nSPS) is 15.5. The predicted molar refractivity (Wildman–Crippen MR) is 168 cm³/mol. The van der Waals surface area contributed by atoms with E-state index >= 15 is 0 Å². The summed E-state index contributed by atoms with van der Waals surface area (Å²) in [6.45, 7) is 3.50. The summed E-state index contributed by atoms with van der Waals surface area (Å²) < 4.78 is 24.7. The zero-order valence-electron chi connectivity index (χ0n) is 24.3. The highest BCUT2D eigenvalue weighted by atomic mass is 32.1. The van der Waals surface area contributed by atoms with Crippen molar-refractivity contribution in [1.82, 2.24) is 4.57 Å². The maximum atomic E-state index is 14.2. The van der Waals surface area contributed by atoms with Gasteiger partial charge >= 0.3 is 5.97 Å². The molecule has 0 spiro atoms. The van der Waals surface area contributed by atoms with E-state index < -0.39 is 12.0 Å². The van der Waals surface area contributed by atoms with Gasteiger partial charge in [-0.05, 0) is 43.7 Å². The van der Waals surface area contributed by atoms with Gasteiger partial charge in [-0.25, -0.2) is 9.79 Å². The number of aromatic nitrogens is 1. The molecule has 5 aromatic rings. The summed E-state index contributed by atoms with van der Waals surface area (Å²) in [5, 5.41) is 0. The van der Waals surface area contributed by atoms with Gasteiger partial charge in [0, 0.05) is 22.8 Å². The fraction of sp³-hybridized carbons (Fsp3) is 0.143. The van der Waals surface area contributed by atoms with Gasteiger partial charge in [0.1, 0.15) is 11.5 Å². The Morgan fingerprint density at radius 3 is 2.51 bits per heavy atom. The van der Waals surface area contributed by atoms with E-state index in [1.807, 2.05) is 54.6 Å². The number of ether oxygens (including phenoxy) is 3. The fourth-order valence-electron chi connectivity index (χ4n) is 5.42. The van der Waals surface area contributed by atoms with Crippen molar-refractivity contribution in [1.29, 1.82) is 0 Å². The van der Waals surface area contributed by atoms with Crippen molar-refractivity contribution in [3.63, 3.8) is 0 Å². The van der Waals surface area contributed by atoms with E-state index in [1.165, 1.54) is 22.8 Å². The van der Waals surface area contributed by atoms with Crippen molar-refractivity contribution in [2.75, 3.05) is 13.4 Å². The van der Waals surface area contributed by atoms with Gasteiger partial charge in [-0.2, -0.15) is 0 Å². The van der Waals surface area contributed by atoms with Gasteiger partial charge in [0.2, 0.25) is 6.79 Å². The largest absolute Gasteiger partial charge is 0.463 e. The number of fused-ring (bicyclic) bond motifs is 2. The summed E-state index contributed by atoms with van der Waals surface area (Å²) in [6.07, 6.45) is 1.67. The molecule has 45 heavy (non-hydrogen) atoms. The molecule has 0 aliphatic carbocycles. The van der Waals surface area contributed by atoms with Crippen molar-refractivity contribution in [3.8, 4) is 22.8 Å². The highest BCUT2D eigenvalue weighted by Gasteiger charge is 2.36. The Morgan fingerprint density at radius 2 is 1.76 bits per heavy atom. The molecule has 3 aromatic carbocycles. The molecule has 2 aromatic heterocycles. The number of nitrogens with zero attached hydrogens (tertiary/aromatic N) is 2. The summed E-state index contributed by atoms with van der Waals surface area (Å²) in [5.74, 6) is 1.59. The minimum Gasteiger partial charge on any atom is -0.463 e. The average Bonchev–Trinajstić information content (AvgIpc) is 3.80. The molecule has 0 bridgehead atoms. The van der Waals surface area contributed by atoms with Crippen molar-refractivity contribution >= 4 is 34.9 Å². The zero-order valence-corrected chi connectivity index (χ0v) is 25.1. The fourth-order valence-corrected chi connectivity index (χ4v) is 6.40. The Bertz CT molecular complexity index is 2170. The smallest absolute Gasteiger partial charge is 0.338 e. The summed E-state index contributed by atoms with van der Waals surface area (Å²) in [5.41, 5.74) is 3.12. The van der Waals surface area contributed by atoms with Crippen LogP contribution in [0.1, 0.15) is 47.1 Å². The minimum absolute atomic E-state index is 0.0161. The minimum atomic E-state index is -0.848. The molecule has 0 saturated carbocycles. The van der Waals surface area contributed by atoms with Crippen LogP contribution in [0.2, 0.25) is 0 Å². The molecule has 2 aliphatic heterocycles. The second kappa shape index (κ2) is 11.5. The van der Waals surface area contributed by atoms with Crippen LogP contribution in [-0.4, -0.2) is 29.7 Å². The lowest BCUT2D eigenvalue weighted by atomic mass is 9.93. The first-order valence-corrected chi connectivity index (χ1v) is 15.1. The van der Waals surface area contributed by atoms with Crippen LogP contribution >= 0.6 is 11.3 Å². The maximum Gasteiger partial charge on any atom is 0.338 e. The number of Topliss-reactive ketones (excluding diaryl/α,β-unsaturated/α-hetero) is 1. The third-order valence-electron chi connectivity index (χ3n) is 7.56. The highest BCUT2D eigenvalue weighted by Crippen LogP contribution is 2.40. The van der Waals surface area contributed by atoms with Gasteiger partial charge in [-0.1, -0.05) is 72.0 Å². The van der Waals surface area contributed by atoms with E-state index in [4.69, 9.17) is 23.6 Å². The summed E-state index contributed by atoms with van der Waals surface area (Å²) in [4.78, 5) is 44.8. The number of hydrogen-bond donors (Lipinski definition) is 0. The van der Waals surface area contributed by atoms with E-state index in [0.717, 1.165) is 11.1 Å². The van der Waals surface area contributed by atoms with Crippen LogP contribution in [0, 0.1) is 0 Å². The maximum absolute atomic E-state index is 14.2. The van der Waals surface area contributed by atoms with Gasteiger partial charge < -0.3 is 18.6 Å². The number of carbonyl (C=O) groups excluding carboxylic acids is 2. The van der Waals surface area contributed by atoms with Crippen molar-refractivity contribution < 1.29 is 28.2 Å². The molecule has 7 rings (SSSR count). The number of carbonyl (C=O) groups is 2.